The quantitative estimate of drug-likeness (QED) is 0.608. The molecule has 0 bridgehead atoms. The fraction of sp³-hybridized carbons (Fsp3) is 0.348. The molecule has 1 aromatic heterocycles. The number of ether oxygens (including phenoxy) is 1. The van der Waals surface area contributed by atoms with Gasteiger partial charge in [0, 0.05) is 45.7 Å². The SMILES string of the molecule is Cn1c2c(c3ccc(Br)cc31)C(=O)c1ccc(OC[C@@H](O)CCO)cc1C2(C)C. The van der Waals surface area contributed by atoms with Gasteiger partial charge in [0.25, 0.3) is 0 Å². The lowest BCUT2D eigenvalue weighted by atomic mass is 9.71. The van der Waals surface area contributed by atoms with E-state index < -0.39 is 11.5 Å². The number of aryl methyl sites for hydroxylation is 1. The zero-order valence-corrected chi connectivity index (χ0v) is 18.3. The molecule has 0 aliphatic heterocycles. The van der Waals surface area contributed by atoms with E-state index in [2.05, 4.69) is 34.3 Å². The van der Waals surface area contributed by atoms with E-state index in [1.807, 2.05) is 37.4 Å². The number of aromatic nitrogens is 1. The number of benzene rings is 2. The van der Waals surface area contributed by atoms with E-state index in [1.54, 1.807) is 6.07 Å². The summed E-state index contributed by atoms with van der Waals surface area (Å²) in [5.74, 6) is 0.626. The van der Waals surface area contributed by atoms with Crippen LogP contribution in [-0.2, 0) is 12.5 Å². The summed E-state index contributed by atoms with van der Waals surface area (Å²) in [7, 11) is 2.00. The van der Waals surface area contributed by atoms with Crippen molar-refractivity contribution in [1.29, 1.82) is 0 Å². The first-order valence-electron chi connectivity index (χ1n) is 9.65. The van der Waals surface area contributed by atoms with E-state index in [-0.39, 0.29) is 25.4 Å². The molecule has 0 spiro atoms. The average molecular weight is 458 g/mol. The van der Waals surface area contributed by atoms with Gasteiger partial charge in [-0.05, 0) is 42.3 Å². The molecule has 1 heterocycles. The van der Waals surface area contributed by atoms with Crippen LogP contribution < -0.4 is 4.74 Å². The third kappa shape index (κ3) is 3.19. The molecule has 152 valence electrons. The molecule has 0 fully saturated rings. The Kier molecular flexibility index (Phi) is 5.05. The highest BCUT2D eigenvalue weighted by molar-refractivity contribution is 9.10. The molecule has 0 unspecified atom stereocenters. The summed E-state index contributed by atoms with van der Waals surface area (Å²) in [4.78, 5) is 13.4. The normalized spacial score (nSPS) is 15.9. The van der Waals surface area contributed by atoms with E-state index in [4.69, 9.17) is 9.84 Å². The fourth-order valence-electron chi connectivity index (χ4n) is 4.39. The lowest BCUT2D eigenvalue weighted by Gasteiger charge is -2.34. The Morgan fingerprint density at radius 3 is 2.69 bits per heavy atom. The zero-order valence-electron chi connectivity index (χ0n) is 16.7. The van der Waals surface area contributed by atoms with E-state index in [0.717, 1.165) is 32.2 Å². The highest BCUT2D eigenvalue weighted by Gasteiger charge is 2.41. The van der Waals surface area contributed by atoms with Crippen LogP contribution in [0, 0.1) is 0 Å². The number of carbonyl (C=O) groups excluding carboxylic acids is 1. The number of aliphatic hydroxyl groups excluding tert-OH is 2. The molecule has 0 radical (unpaired) electrons. The van der Waals surface area contributed by atoms with Gasteiger partial charge in [0.05, 0.1) is 11.7 Å². The predicted octanol–water partition coefficient (Wildman–Crippen LogP) is 3.93. The molecule has 3 aromatic rings. The summed E-state index contributed by atoms with van der Waals surface area (Å²) >= 11 is 3.53. The lowest BCUT2D eigenvalue weighted by Crippen LogP contribution is -2.32. The van der Waals surface area contributed by atoms with Crippen LogP contribution >= 0.6 is 15.9 Å². The van der Waals surface area contributed by atoms with Crippen LogP contribution in [0.4, 0.5) is 0 Å². The molecule has 0 amide bonds. The number of hydrogen-bond donors (Lipinski definition) is 2. The maximum Gasteiger partial charge on any atom is 0.195 e. The van der Waals surface area contributed by atoms with Crippen LogP contribution in [0.1, 0.15) is 47.4 Å². The number of halogens is 1. The highest BCUT2D eigenvalue weighted by atomic mass is 79.9. The van der Waals surface area contributed by atoms with Crippen LogP contribution in [-0.4, -0.2) is 39.9 Å². The van der Waals surface area contributed by atoms with Crippen molar-refractivity contribution in [2.75, 3.05) is 13.2 Å². The van der Waals surface area contributed by atoms with Gasteiger partial charge in [0.1, 0.15) is 12.4 Å². The van der Waals surface area contributed by atoms with Crippen molar-refractivity contribution >= 4 is 32.6 Å². The van der Waals surface area contributed by atoms with Gasteiger partial charge in [-0.3, -0.25) is 4.79 Å². The molecule has 29 heavy (non-hydrogen) atoms. The molecule has 2 aromatic carbocycles. The third-order valence-electron chi connectivity index (χ3n) is 5.80. The summed E-state index contributed by atoms with van der Waals surface area (Å²) in [6.07, 6.45) is -0.460. The van der Waals surface area contributed by atoms with Gasteiger partial charge in [0.15, 0.2) is 5.78 Å². The zero-order chi connectivity index (χ0) is 20.9. The smallest absolute Gasteiger partial charge is 0.195 e. The fourth-order valence-corrected chi connectivity index (χ4v) is 4.74. The van der Waals surface area contributed by atoms with Gasteiger partial charge in [-0.25, -0.2) is 0 Å². The molecule has 0 saturated carbocycles. The van der Waals surface area contributed by atoms with Crippen LogP contribution in [0.15, 0.2) is 40.9 Å². The third-order valence-corrected chi connectivity index (χ3v) is 6.29. The summed E-state index contributed by atoms with van der Waals surface area (Å²) in [5.41, 5.74) is 3.96. The van der Waals surface area contributed by atoms with Gasteiger partial charge in [-0.15, -0.1) is 0 Å². The van der Waals surface area contributed by atoms with Crippen molar-refractivity contribution in [2.45, 2.75) is 31.8 Å². The number of hydrogen-bond acceptors (Lipinski definition) is 4. The molecule has 1 atom stereocenters. The standard InChI is InChI=1S/C23H24BrNO4/c1-23(2)18-11-15(29-12-14(27)8-9-26)5-7-16(18)21(28)20-17-6-4-13(24)10-19(17)25(3)22(20)23/h4-7,10-11,14,26-27H,8-9,12H2,1-3H3/t14-/m0/s1. The number of nitrogens with zero attached hydrogens (tertiary/aromatic N) is 1. The Morgan fingerprint density at radius 2 is 1.97 bits per heavy atom. The van der Waals surface area contributed by atoms with Crippen LogP contribution in [0.25, 0.3) is 10.9 Å². The molecular formula is C23H24BrNO4. The monoisotopic (exact) mass is 457 g/mol. The number of ketones is 1. The van der Waals surface area contributed by atoms with Gasteiger partial charge < -0.3 is 19.5 Å². The van der Waals surface area contributed by atoms with Crippen LogP contribution in [0.2, 0.25) is 0 Å². The molecule has 5 nitrogen and oxygen atoms in total. The van der Waals surface area contributed by atoms with Gasteiger partial charge in [-0.2, -0.15) is 0 Å². The van der Waals surface area contributed by atoms with Crippen molar-refractivity contribution in [1.82, 2.24) is 4.57 Å². The Hall–Kier alpha value is -2.15. The average Bonchev–Trinajstić information content (AvgIpc) is 2.98. The number of carbonyl (C=O) groups is 1. The van der Waals surface area contributed by atoms with Crippen molar-refractivity contribution in [3.63, 3.8) is 0 Å². The van der Waals surface area contributed by atoms with Crippen molar-refractivity contribution in [3.8, 4) is 5.75 Å². The van der Waals surface area contributed by atoms with E-state index >= 15 is 0 Å². The minimum absolute atomic E-state index is 0.0223. The van der Waals surface area contributed by atoms with E-state index in [9.17, 15) is 9.90 Å². The first kappa shape index (κ1) is 20.1. The second-order valence-electron chi connectivity index (χ2n) is 8.08. The molecule has 1 aliphatic carbocycles. The van der Waals surface area contributed by atoms with Crippen molar-refractivity contribution in [3.05, 3.63) is 63.3 Å². The minimum atomic E-state index is -0.728. The Bertz CT molecular complexity index is 1120. The second-order valence-corrected chi connectivity index (χ2v) is 9.00. The predicted molar refractivity (Wildman–Crippen MR) is 116 cm³/mol. The highest BCUT2D eigenvalue weighted by Crippen LogP contribution is 2.46. The van der Waals surface area contributed by atoms with Crippen LogP contribution in [0.3, 0.4) is 0 Å². The van der Waals surface area contributed by atoms with Gasteiger partial charge in [-0.1, -0.05) is 35.8 Å². The van der Waals surface area contributed by atoms with Gasteiger partial charge in [0.2, 0.25) is 0 Å². The summed E-state index contributed by atoms with van der Waals surface area (Å²) in [6, 6.07) is 11.5. The summed E-state index contributed by atoms with van der Waals surface area (Å²) < 4.78 is 8.80. The molecule has 2 N–H and O–H groups in total. The molecule has 0 saturated heterocycles. The number of rotatable bonds is 5. The first-order valence-corrected chi connectivity index (χ1v) is 10.4. The molecule has 6 heteroatoms. The lowest BCUT2D eigenvalue weighted by molar-refractivity contribution is 0.0820. The molecule has 4 rings (SSSR count). The Labute approximate surface area is 178 Å². The molecular weight excluding hydrogens is 434 g/mol. The van der Waals surface area contributed by atoms with Gasteiger partial charge >= 0.3 is 0 Å². The second kappa shape index (κ2) is 7.27. The van der Waals surface area contributed by atoms with Crippen molar-refractivity contribution in [2.24, 2.45) is 7.05 Å². The Balaban J connectivity index is 1.81. The van der Waals surface area contributed by atoms with E-state index in [1.165, 1.54) is 0 Å². The molecule has 1 aliphatic rings. The maximum atomic E-state index is 13.4. The van der Waals surface area contributed by atoms with E-state index in [0.29, 0.717) is 11.3 Å². The minimum Gasteiger partial charge on any atom is -0.491 e. The van der Waals surface area contributed by atoms with Crippen LogP contribution in [0.5, 0.6) is 5.75 Å². The Morgan fingerprint density at radius 1 is 1.21 bits per heavy atom. The topological polar surface area (TPSA) is 71.7 Å². The summed E-state index contributed by atoms with van der Waals surface area (Å²) in [5, 5.41) is 19.7. The number of aliphatic hydroxyl groups is 2. The first-order chi connectivity index (χ1) is 13.8. The van der Waals surface area contributed by atoms with Crippen molar-refractivity contribution < 1.29 is 19.7 Å². The maximum absolute atomic E-state index is 13.4. The largest absolute Gasteiger partial charge is 0.491 e. The number of fused-ring (bicyclic) bond motifs is 4. The summed E-state index contributed by atoms with van der Waals surface area (Å²) in [6.45, 7) is 4.25.